The molecule has 7 heteroatoms. The molecule has 28 heavy (non-hydrogen) atoms. The fourth-order valence-electron chi connectivity index (χ4n) is 3.24. The quantitative estimate of drug-likeness (QED) is 0.787. The van der Waals surface area contributed by atoms with Crippen molar-refractivity contribution in [1.82, 2.24) is 15.3 Å². The summed E-state index contributed by atoms with van der Waals surface area (Å²) in [5.74, 6) is 1.52. The fourth-order valence-corrected chi connectivity index (χ4v) is 3.24. The molecule has 1 aromatic heterocycles. The van der Waals surface area contributed by atoms with Crippen LogP contribution in [0.15, 0.2) is 36.7 Å². The van der Waals surface area contributed by atoms with Gasteiger partial charge < -0.3 is 19.5 Å². The predicted molar refractivity (Wildman–Crippen MR) is 105 cm³/mol. The van der Waals surface area contributed by atoms with Crippen molar-refractivity contribution in [2.24, 2.45) is 0 Å². The molecule has 1 aliphatic rings. The topological polar surface area (TPSA) is 82.6 Å². The van der Waals surface area contributed by atoms with Crippen LogP contribution in [0.2, 0.25) is 0 Å². The third kappa shape index (κ3) is 5.34. The van der Waals surface area contributed by atoms with E-state index in [4.69, 9.17) is 14.2 Å². The number of aromatic nitrogens is 2. The lowest BCUT2D eigenvalue weighted by Crippen LogP contribution is -2.39. The van der Waals surface area contributed by atoms with E-state index in [-0.39, 0.29) is 24.2 Å². The Labute approximate surface area is 165 Å². The number of nitrogens with zero attached hydrogens (tertiary/aromatic N) is 2. The van der Waals surface area contributed by atoms with Gasteiger partial charge in [-0.3, -0.25) is 4.79 Å². The Morgan fingerprint density at radius 1 is 1.04 bits per heavy atom. The summed E-state index contributed by atoms with van der Waals surface area (Å²) in [4.78, 5) is 20.8. The number of rotatable bonds is 7. The molecule has 0 unspecified atom stereocenters. The summed E-state index contributed by atoms with van der Waals surface area (Å²) in [7, 11) is 1.55. The molecule has 1 fully saturated rings. The van der Waals surface area contributed by atoms with Crippen molar-refractivity contribution in [2.75, 3.05) is 7.11 Å². The van der Waals surface area contributed by atoms with Crippen molar-refractivity contribution < 1.29 is 19.0 Å². The van der Waals surface area contributed by atoms with E-state index in [1.807, 2.05) is 26.0 Å². The predicted octanol–water partition coefficient (Wildman–Crippen LogP) is 3.39. The van der Waals surface area contributed by atoms with E-state index in [9.17, 15) is 4.79 Å². The van der Waals surface area contributed by atoms with Crippen molar-refractivity contribution >= 4 is 5.91 Å². The largest absolute Gasteiger partial charge is 0.491 e. The highest BCUT2D eigenvalue weighted by molar-refractivity contribution is 5.94. The van der Waals surface area contributed by atoms with Gasteiger partial charge in [-0.15, -0.1) is 0 Å². The maximum absolute atomic E-state index is 12.5. The number of methoxy groups -OCH3 is 1. The van der Waals surface area contributed by atoms with Crippen LogP contribution in [0.4, 0.5) is 0 Å². The summed E-state index contributed by atoms with van der Waals surface area (Å²) < 4.78 is 16.7. The van der Waals surface area contributed by atoms with Gasteiger partial charge in [0.1, 0.15) is 11.9 Å². The SMILES string of the molecule is COc1nccnc1OC1CCC(NC(=O)c2ccc(OC(C)C)cc2)CC1. The van der Waals surface area contributed by atoms with Crippen molar-refractivity contribution in [3.8, 4) is 17.5 Å². The Hall–Kier alpha value is -2.83. The van der Waals surface area contributed by atoms with Gasteiger partial charge in [-0.1, -0.05) is 0 Å². The Kier molecular flexibility index (Phi) is 6.68. The number of carbonyl (C=O) groups excluding carboxylic acids is 1. The molecule has 1 aliphatic carbocycles. The second kappa shape index (κ2) is 9.39. The molecular formula is C21H27N3O4. The van der Waals surface area contributed by atoms with Crippen LogP contribution in [-0.4, -0.2) is 41.2 Å². The van der Waals surface area contributed by atoms with Crippen LogP contribution in [0.25, 0.3) is 0 Å². The number of nitrogens with one attached hydrogen (secondary N) is 1. The molecule has 0 aliphatic heterocycles. The first kappa shape index (κ1) is 19.9. The molecule has 0 radical (unpaired) electrons. The molecule has 0 bridgehead atoms. The number of amides is 1. The van der Waals surface area contributed by atoms with Crippen LogP contribution in [-0.2, 0) is 0 Å². The molecule has 1 aromatic carbocycles. The third-order valence-electron chi connectivity index (χ3n) is 4.60. The Morgan fingerprint density at radius 3 is 2.29 bits per heavy atom. The van der Waals surface area contributed by atoms with E-state index in [1.54, 1.807) is 31.6 Å². The van der Waals surface area contributed by atoms with E-state index in [2.05, 4.69) is 15.3 Å². The molecular weight excluding hydrogens is 358 g/mol. The van der Waals surface area contributed by atoms with Crippen LogP contribution in [0, 0.1) is 0 Å². The van der Waals surface area contributed by atoms with Gasteiger partial charge in [-0.2, -0.15) is 0 Å². The molecule has 0 saturated heterocycles. The number of hydrogen-bond acceptors (Lipinski definition) is 6. The fraction of sp³-hybridized carbons (Fsp3) is 0.476. The third-order valence-corrected chi connectivity index (χ3v) is 4.60. The minimum absolute atomic E-state index is 0.0474. The second-order valence-corrected chi connectivity index (χ2v) is 7.13. The van der Waals surface area contributed by atoms with Crippen molar-refractivity contribution in [3.63, 3.8) is 0 Å². The zero-order valence-electron chi connectivity index (χ0n) is 16.6. The second-order valence-electron chi connectivity index (χ2n) is 7.13. The smallest absolute Gasteiger partial charge is 0.278 e. The zero-order chi connectivity index (χ0) is 19.9. The Morgan fingerprint density at radius 2 is 1.68 bits per heavy atom. The molecule has 1 amide bonds. The lowest BCUT2D eigenvalue weighted by atomic mass is 9.92. The molecule has 1 heterocycles. The highest BCUT2D eigenvalue weighted by Crippen LogP contribution is 2.27. The van der Waals surface area contributed by atoms with Crippen LogP contribution in [0.1, 0.15) is 49.9 Å². The lowest BCUT2D eigenvalue weighted by molar-refractivity contribution is 0.0886. The summed E-state index contributed by atoms with van der Waals surface area (Å²) >= 11 is 0. The summed E-state index contributed by atoms with van der Waals surface area (Å²) in [6.07, 6.45) is 6.70. The maximum atomic E-state index is 12.5. The van der Waals surface area contributed by atoms with Crippen molar-refractivity contribution in [2.45, 2.75) is 57.8 Å². The van der Waals surface area contributed by atoms with Crippen molar-refractivity contribution in [1.29, 1.82) is 0 Å². The van der Waals surface area contributed by atoms with Crippen LogP contribution < -0.4 is 19.5 Å². The summed E-state index contributed by atoms with van der Waals surface area (Å²) in [6.45, 7) is 3.95. The van der Waals surface area contributed by atoms with Gasteiger partial charge in [-0.25, -0.2) is 9.97 Å². The molecule has 1 saturated carbocycles. The van der Waals surface area contributed by atoms with Gasteiger partial charge in [0.15, 0.2) is 0 Å². The average molecular weight is 385 g/mol. The van der Waals surface area contributed by atoms with Gasteiger partial charge in [0.2, 0.25) is 0 Å². The maximum Gasteiger partial charge on any atom is 0.278 e. The minimum Gasteiger partial charge on any atom is -0.491 e. The highest BCUT2D eigenvalue weighted by atomic mass is 16.5. The minimum atomic E-state index is -0.0592. The van der Waals surface area contributed by atoms with Gasteiger partial charge >= 0.3 is 0 Å². The van der Waals surface area contributed by atoms with Gasteiger partial charge in [0.05, 0.1) is 13.2 Å². The molecule has 0 atom stereocenters. The standard InChI is InChI=1S/C21H27N3O4/c1-14(2)27-17-8-4-15(5-9-17)19(25)24-16-6-10-18(11-7-16)28-21-20(26-3)22-12-13-23-21/h4-5,8-9,12-14,16,18H,6-7,10-11H2,1-3H3,(H,24,25). The van der Waals surface area contributed by atoms with Crippen LogP contribution in [0.5, 0.6) is 17.5 Å². The summed E-state index contributed by atoms with van der Waals surface area (Å²) in [6, 6.07) is 7.38. The molecule has 7 nitrogen and oxygen atoms in total. The normalized spacial score (nSPS) is 19.1. The van der Waals surface area contributed by atoms with E-state index in [0.717, 1.165) is 31.4 Å². The highest BCUT2D eigenvalue weighted by Gasteiger charge is 2.25. The zero-order valence-corrected chi connectivity index (χ0v) is 16.6. The molecule has 3 rings (SSSR count). The van der Waals surface area contributed by atoms with Crippen LogP contribution >= 0.6 is 0 Å². The first-order chi connectivity index (χ1) is 13.5. The van der Waals surface area contributed by atoms with E-state index >= 15 is 0 Å². The molecule has 2 aromatic rings. The number of carbonyl (C=O) groups is 1. The van der Waals surface area contributed by atoms with Gasteiger partial charge in [-0.05, 0) is 63.8 Å². The first-order valence-corrected chi connectivity index (χ1v) is 9.64. The molecule has 1 N–H and O–H groups in total. The molecule has 0 spiro atoms. The number of benzene rings is 1. The summed E-state index contributed by atoms with van der Waals surface area (Å²) in [5, 5.41) is 3.11. The van der Waals surface area contributed by atoms with Gasteiger partial charge in [0, 0.05) is 24.0 Å². The number of ether oxygens (including phenoxy) is 3. The first-order valence-electron chi connectivity index (χ1n) is 9.64. The number of hydrogen-bond donors (Lipinski definition) is 1. The van der Waals surface area contributed by atoms with Gasteiger partial charge in [0.25, 0.3) is 17.7 Å². The Balaban J connectivity index is 1.48. The average Bonchev–Trinajstić information content (AvgIpc) is 2.70. The van der Waals surface area contributed by atoms with Crippen molar-refractivity contribution in [3.05, 3.63) is 42.2 Å². The Bertz CT molecular complexity index is 771. The monoisotopic (exact) mass is 385 g/mol. The lowest BCUT2D eigenvalue weighted by Gasteiger charge is -2.29. The van der Waals surface area contributed by atoms with E-state index < -0.39 is 0 Å². The molecule has 150 valence electrons. The summed E-state index contributed by atoms with van der Waals surface area (Å²) in [5.41, 5.74) is 0.638. The van der Waals surface area contributed by atoms with E-state index in [0.29, 0.717) is 17.3 Å². The van der Waals surface area contributed by atoms with E-state index in [1.165, 1.54) is 0 Å². The van der Waals surface area contributed by atoms with Crippen LogP contribution in [0.3, 0.4) is 0 Å².